The molecule has 0 aliphatic heterocycles. The molecule has 1 aromatic heterocycles. The van der Waals surface area contributed by atoms with E-state index in [1.165, 1.54) is 6.07 Å². The fraction of sp³-hybridized carbons (Fsp3) is 0.533. The fourth-order valence-corrected chi connectivity index (χ4v) is 2.96. The Hall–Kier alpha value is -1.62. The first-order valence-corrected chi connectivity index (χ1v) is 7.53. The van der Waals surface area contributed by atoms with Gasteiger partial charge in [-0.2, -0.15) is 0 Å². The number of amides is 1. The molecule has 6 heteroatoms. The second-order valence-electron chi connectivity index (χ2n) is 5.50. The summed E-state index contributed by atoms with van der Waals surface area (Å²) in [6, 6.07) is 3.18. The summed E-state index contributed by atoms with van der Waals surface area (Å²) in [6.45, 7) is 2.08. The molecule has 1 aromatic rings. The number of hydrogen-bond acceptors (Lipinski definition) is 3. The molecule has 1 amide bonds. The Morgan fingerprint density at radius 3 is 2.62 bits per heavy atom. The molecule has 1 saturated carbocycles. The highest BCUT2D eigenvalue weighted by Crippen LogP contribution is 2.37. The van der Waals surface area contributed by atoms with E-state index in [-0.39, 0.29) is 17.6 Å². The van der Waals surface area contributed by atoms with E-state index in [4.69, 9.17) is 11.6 Å². The Bertz CT molecular complexity index is 554. The molecule has 0 spiro atoms. The van der Waals surface area contributed by atoms with Crippen molar-refractivity contribution in [1.82, 2.24) is 10.3 Å². The molecule has 21 heavy (non-hydrogen) atoms. The number of carbonyl (C=O) groups is 2. The highest BCUT2D eigenvalue weighted by molar-refractivity contribution is 6.29. The minimum absolute atomic E-state index is 0.155. The third-order valence-corrected chi connectivity index (χ3v) is 4.27. The molecule has 0 bridgehead atoms. The first-order valence-electron chi connectivity index (χ1n) is 7.15. The smallest absolute Gasteiger partial charge is 0.311 e. The van der Waals surface area contributed by atoms with Gasteiger partial charge >= 0.3 is 5.97 Å². The summed E-state index contributed by atoms with van der Waals surface area (Å²) >= 11 is 5.89. The van der Waals surface area contributed by atoms with Crippen molar-refractivity contribution in [3.05, 3.63) is 28.5 Å². The molecule has 0 radical (unpaired) electrons. The van der Waals surface area contributed by atoms with Crippen LogP contribution in [0.5, 0.6) is 0 Å². The van der Waals surface area contributed by atoms with Crippen LogP contribution in [0.4, 0.5) is 0 Å². The van der Waals surface area contributed by atoms with Gasteiger partial charge in [-0.1, -0.05) is 31.4 Å². The molecular formula is C15H19ClN2O3. The highest BCUT2D eigenvalue weighted by Gasteiger charge is 2.41. The lowest BCUT2D eigenvalue weighted by atomic mass is 9.86. The number of halogens is 1. The summed E-state index contributed by atoms with van der Waals surface area (Å²) in [4.78, 5) is 27.7. The summed E-state index contributed by atoms with van der Waals surface area (Å²) in [6.07, 6.45) is 3.69. The van der Waals surface area contributed by atoms with Crippen LogP contribution in [0.1, 0.15) is 48.7 Å². The second-order valence-corrected chi connectivity index (χ2v) is 5.89. The summed E-state index contributed by atoms with van der Waals surface area (Å²) in [5.41, 5.74) is 0.340. The third-order valence-electron chi connectivity index (χ3n) is 4.07. The molecule has 1 aliphatic rings. The minimum atomic E-state index is -0.831. The molecule has 0 aromatic carbocycles. The van der Waals surface area contributed by atoms with Gasteiger partial charge in [0.05, 0.1) is 5.41 Å². The van der Waals surface area contributed by atoms with Gasteiger partial charge in [0, 0.05) is 17.8 Å². The molecule has 1 aliphatic carbocycles. The molecule has 5 nitrogen and oxygen atoms in total. The van der Waals surface area contributed by atoms with Crippen molar-refractivity contribution in [2.24, 2.45) is 5.41 Å². The number of nitrogens with one attached hydrogen (secondary N) is 1. The Morgan fingerprint density at radius 2 is 2.05 bits per heavy atom. The van der Waals surface area contributed by atoms with Crippen molar-refractivity contribution in [3.63, 3.8) is 0 Å². The molecule has 2 rings (SSSR count). The van der Waals surface area contributed by atoms with E-state index in [0.717, 1.165) is 18.5 Å². The number of aliphatic carboxylic acids is 1. The van der Waals surface area contributed by atoms with E-state index in [2.05, 4.69) is 10.3 Å². The van der Waals surface area contributed by atoms with E-state index >= 15 is 0 Å². The van der Waals surface area contributed by atoms with Crippen LogP contribution in [0.25, 0.3) is 0 Å². The molecule has 0 unspecified atom stereocenters. The molecule has 0 saturated heterocycles. The van der Waals surface area contributed by atoms with Crippen molar-refractivity contribution >= 4 is 23.5 Å². The summed E-state index contributed by atoms with van der Waals surface area (Å²) in [5.74, 6) is -1.14. The maximum Gasteiger partial charge on any atom is 0.311 e. The van der Waals surface area contributed by atoms with Crippen LogP contribution in [0, 0.1) is 5.41 Å². The van der Waals surface area contributed by atoms with Crippen molar-refractivity contribution in [2.45, 2.75) is 39.0 Å². The lowest BCUT2D eigenvalue weighted by Gasteiger charge is -2.24. The standard InChI is InChI=1S/C15H19ClN2O3/c1-2-11-7-10(8-12(16)18-11)13(19)17-9-15(14(20)21)5-3-4-6-15/h7-8H,2-6,9H2,1H3,(H,17,19)(H,20,21). The number of pyridine rings is 1. The number of aromatic nitrogens is 1. The number of carboxylic acid groups (broad SMARTS) is 1. The second kappa shape index (κ2) is 6.43. The first kappa shape index (κ1) is 15.8. The normalized spacial score (nSPS) is 16.7. The van der Waals surface area contributed by atoms with Gasteiger partial charge in [0.25, 0.3) is 5.91 Å². The Kier molecular flexibility index (Phi) is 4.83. The van der Waals surface area contributed by atoms with E-state index in [1.54, 1.807) is 6.07 Å². The Morgan fingerprint density at radius 1 is 1.38 bits per heavy atom. The van der Waals surface area contributed by atoms with Crippen molar-refractivity contribution in [2.75, 3.05) is 6.54 Å². The van der Waals surface area contributed by atoms with Crippen molar-refractivity contribution in [1.29, 1.82) is 0 Å². The van der Waals surface area contributed by atoms with Gasteiger partial charge < -0.3 is 10.4 Å². The van der Waals surface area contributed by atoms with Gasteiger partial charge in [-0.05, 0) is 31.4 Å². The quantitative estimate of drug-likeness (QED) is 0.819. The maximum atomic E-state index is 12.2. The predicted molar refractivity (Wildman–Crippen MR) is 79.5 cm³/mol. The number of hydrogen-bond donors (Lipinski definition) is 2. The van der Waals surface area contributed by atoms with Crippen LogP contribution in [0.3, 0.4) is 0 Å². The van der Waals surface area contributed by atoms with Gasteiger partial charge in [0.15, 0.2) is 0 Å². The van der Waals surface area contributed by atoms with Gasteiger partial charge in [0.1, 0.15) is 5.15 Å². The number of aryl methyl sites for hydroxylation is 1. The average molecular weight is 311 g/mol. The Balaban J connectivity index is 2.08. The molecule has 2 N–H and O–H groups in total. The van der Waals surface area contributed by atoms with E-state index in [0.29, 0.717) is 24.8 Å². The van der Waals surface area contributed by atoms with Crippen molar-refractivity contribution in [3.8, 4) is 0 Å². The van der Waals surface area contributed by atoms with Crippen LogP contribution in [0.15, 0.2) is 12.1 Å². The zero-order valence-electron chi connectivity index (χ0n) is 12.0. The SMILES string of the molecule is CCc1cc(C(=O)NCC2(C(=O)O)CCCC2)cc(Cl)n1. The van der Waals surface area contributed by atoms with Crippen LogP contribution >= 0.6 is 11.6 Å². The van der Waals surface area contributed by atoms with Gasteiger partial charge in [-0.15, -0.1) is 0 Å². The molecule has 1 heterocycles. The number of nitrogens with zero attached hydrogens (tertiary/aromatic N) is 1. The van der Waals surface area contributed by atoms with Gasteiger partial charge in [-0.3, -0.25) is 9.59 Å². The molecule has 1 fully saturated rings. The molecular weight excluding hydrogens is 292 g/mol. The number of carbonyl (C=O) groups excluding carboxylic acids is 1. The lowest BCUT2D eigenvalue weighted by Crippen LogP contribution is -2.41. The zero-order valence-corrected chi connectivity index (χ0v) is 12.7. The van der Waals surface area contributed by atoms with Gasteiger partial charge in [-0.25, -0.2) is 4.98 Å². The van der Waals surface area contributed by atoms with Crippen LogP contribution in [0.2, 0.25) is 5.15 Å². The van der Waals surface area contributed by atoms with Crippen LogP contribution in [-0.4, -0.2) is 28.5 Å². The topological polar surface area (TPSA) is 79.3 Å². The molecule has 0 atom stereocenters. The summed E-state index contributed by atoms with van der Waals surface area (Å²) in [7, 11) is 0. The van der Waals surface area contributed by atoms with Gasteiger partial charge in [0.2, 0.25) is 0 Å². The molecule has 114 valence electrons. The highest BCUT2D eigenvalue weighted by atomic mass is 35.5. The predicted octanol–water partition coefficient (Wildman–Crippen LogP) is 2.67. The van der Waals surface area contributed by atoms with E-state index in [9.17, 15) is 14.7 Å². The number of rotatable bonds is 5. The Labute approximate surface area is 128 Å². The van der Waals surface area contributed by atoms with Crippen LogP contribution < -0.4 is 5.32 Å². The third kappa shape index (κ3) is 3.53. The van der Waals surface area contributed by atoms with E-state index < -0.39 is 11.4 Å². The summed E-state index contributed by atoms with van der Waals surface area (Å²) in [5, 5.41) is 12.4. The largest absolute Gasteiger partial charge is 0.481 e. The zero-order chi connectivity index (χ0) is 15.5. The van der Waals surface area contributed by atoms with Crippen molar-refractivity contribution < 1.29 is 14.7 Å². The maximum absolute atomic E-state index is 12.2. The fourth-order valence-electron chi connectivity index (χ4n) is 2.73. The van der Waals surface area contributed by atoms with E-state index in [1.807, 2.05) is 6.92 Å². The lowest BCUT2D eigenvalue weighted by molar-refractivity contribution is -0.148. The summed E-state index contributed by atoms with van der Waals surface area (Å²) < 4.78 is 0. The minimum Gasteiger partial charge on any atom is -0.481 e. The average Bonchev–Trinajstić information content (AvgIpc) is 2.94. The monoisotopic (exact) mass is 310 g/mol. The first-order chi connectivity index (χ1) is 9.97. The van der Waals surface area contributed by atoms with Crippen LogP contribution in [-0.2, 0) is 11.2 Å². The number of carboxylic acids is 1.